The highest BCUT2D eigenvalue weighted by molar-refractivity contribution is 7.89. The maximum Gasteiger partial charge on any atom is 0.240 e. The molecule has 0 aliphatic heterocycles. The van der Waals surface area contributed by atoms with Crippen molar-refractivity contribution in [3.05, 3.63) is 64.2 Å². The largest absolute Gasteiger partial charge is 0.349 e. The van der Waals surface area contributed by atoms with Crippen LogP contribution in [0, 0.1) is 13.8 Å². The number of amides is 1. The van der Waals surface area contributed by atoms with Gasteiger partial charge in [-0.05, 0) is 44.0 Å². The third-order valence-corrected chi connectivity index (χ3v) is 5.98. The second-order valence-corrected chi connectivity index (χ2v) is 8.37. The molecule has 7 heteroatoms. The van der Waals surface area contributed by atoms with Gasteiger partial charge in [-0.1, -0.05) is 47.5 Å². The van der Waals surface area contributed by atoms with E-state index in [2.05, 4.69) is 10.0 Å². The van der Waals surface area contributed by atoms with Crippen molar-refractivity contribution in [2.75, 3.05) is 6.54 Å². The molecular formula is C19H23ClN2O3S. The molecule has 0 radical (unpaired) electrons. The summed E-state index contributed by atoms with van der Waals surface area (Å²) in [7, 11) is -3.64. The molecular weight excluding hydrogens is 372 g/mol. The van der Waals surface area contributed by atoms with Crippen LogP contribution in [0.1, 0.15) is 36.1 Å². The number of nitrogens with one attached hydrogen (secondary N) is 2. The Kier molecular flexibility index (Phi) is 6.81. The molecule has 1 amide bonds. The molecule has 0 heterocycles. The predicted octanol–water partition coefficient (Wildman–Crippen LogP) is 3.50. The SMILES string of the molecule is Cc1ccc(S(=O)(=O)NCCC(=O)NC(C)c2ccccc2Cl)c(C)c1. The molecule has 0 aromatic heterocycles. The van der Waals surface area contributed by atoms with Gasteiger partial charge in [0.05, 0.1) is 10.9 Å². The summed E-state index contributed by atoms with van der Waals surface area (Å²) in [6.07, 6.45) is 0.0406. The van der Waals surface area contributed by atoms with Crippen LogP contribution in [0.25, 0.3) is 0 Å². The summed E-state index contributed by atoms with van der Waals surface area (Å²) in [5, 5.41) is 3.40. The third-order valence-electron chi connectivity index (χ3n) is 4.01. The topological polar surface area (TPSA) is 75.3 Å². The molecule has 1 unspecified atom stereocenters. The minimum atomic E-state index is -3.64. The summed E-state index contributed by atoms with van der Waals surface area (Å²) in [5.41, 5.74) is 2.49. The van der Waals surface area contributed by atoms with Crippen LogP contribution in [0.3, 0.4) is 0 Å². The zero-order valence-electron chi connectivity index (χ0n) is 15.0. The van der Waals surface area contributed by atoms with E-state index in [1.165, 1.54) is 0 Å². The monoisotopic (exact) mass is 394 g/mol. The van der Waals surface area contributed by atoms with Gasteiger partial charge in [0.25, 0.3) is 0 Å². The van der Waals surface area contributed by atoms with Crippen molar-refractivity contribution in [1.29, 1.82) is 0 Å². The molecule has 26 heavy (non-hydrogen) atoms. The first-order chi connectivity index (χ1) is 12.2. The quantitative estimate of drug-likeness (QED) is 0.754. The number of hydrogen-bond acceptors (Lipinski definition) is 3. The molecule has 1 atom stereocenters. The van der Waals surface area contributed by atoms with Gasteiger partial charge in [-0.15, -0.1) is 0 Å². The van der Waals surface area contributed by atoms with Crippen LogP contribution in [0.15, 0.2) is 47.4 Å². The van der Waals surface area contributed by atoms with E-state index in [0.29, 0.717) is 10.6 Å². The Morgan fingerprint density at radius 1 is 1.15 bits per heavy atom. The zero-order chi connectivity index (χ0) is 19.3. The minimum Gasteiger partial charge on any atom is -0.349 e. The second kappa shape index (κ2) is 8.66. The maximum atomic E-state index is 12.4. The van der Waals surface area contributed by atoms with E-state index in [1.807, 2.05) is 38.1 Å². The predicted molar refractivity (Wildman–Crippen MR) is 104 cm³/mol. The summed E-state index contributed by atoms with van der Waals surface area (Å²) >= 11 is 6.12. The van der Waals surface area contributed by atoms with E-state index >= 15 is 0 Å². The number of carbonyl (C=O) groups is 1. The Morgan fingerprint density at radius 2 is 1.85 bits per heavy atom. The van der Waals surface area contributed by atoms with Crippen molar-refractivity contribution in [3.8, 4) is 0 Å². The molecule has 2 aromatic carbocycles. The molecule has 0 bridgehead atoms. The van der Waals surface area contributed by atoms with Crippen molar-refractivity contribution >= 4 is 27.5 Å². The molecule has 140 valence electrons. The Bertz CT molecular complexity index is 897. The van der Waals surface area contributed by atoms with Gasteiger partial charge in [-0.2, -0.15) is 0 Å². The van der Waals surface area contributed by atoms with Crippen LogP contribution in [0.5, 0.6) is 0 Å². The van der Waals surface area contributed by atoms with E-state index in [1.54, 1.807) is 25.1 Å². The van der Waals surface area contributed by atoms with E-state index in [9.17, 15) is 13.2 Å². The summed E-state index contributed by atoms with van der Waals surface area (Å²) in [5.74, 6) is -0.249. The van der Waals surface area contributed by atoms with Gasteiger partial charge < -0.3 is 5.32 Å². The zero-order valence-corrected chi connectivity index (χ0v) is 16.6. The number of rotatable bonds is 7. The van der Waals surface area contributed by atoms with Crippen LogP contribution in [0.4, 0.5) is 0 Å². The number of hydrogen-bond donors (Lipinski definition) is 2. The first-order valence-corrected chi connectivity index (χ1v) is 10.2. The van der Waals surface area contributed by atoms with Gasteiger partial charge >= 0.3 is 0 Å². The fraction of sp³-hybridized carbons (Fsp3) is 0.316. The van der Waals surface area contributed by atoms with Crippen LogP contribution in [0.2, 0.25) is 5.02 Å². The highest BCUT2D eigenvalue weighted by Gasteiger charge is 2.17. The van der Waals surface area contributed by atoms with Crippen LogP contribution in [-0.2, 0) is 14.8 Å². The van der Waals surface area contributed by atoms with Crippen LogP contribution in [-0.4, -0.2) is 20.9 Å². The lowest BCUT2D eigenvalue weighted by molar-refractivity contribution is -0.121. The molecule has 0 spiro atoms. The van der Waals surface area contributed by atoms with Crippen molar-refractivity contribution in [2.24, 2.45) is 0 Å². The standard InChI is InChI=1S/C19H23ClN2O3S/c1-13-8-9-18(14(2)12-13)26(24,25)21-11-10-19(23)22-15(3)16-6-4-5-7-17(16)20/h4-9,12,15,21H,10-11H2,1-3H3,(H,22,23). The number of aryl methyl sites for hydroxylation is 2. The van der Waals surface area contributed by atoms with Crippen molar-refractivity contribution in [2.45, 2.75) is 38.1 Å². The molecule has 0 saturated heterocycles. The Morgan fingerprint density at radius 3 is 2.50 bits per heavy atom. The van der Waals surface area contributed by atoms with Gasteiger partial charge in [0, 0.05) is 18.0 Å². The highest BCUT2D eigenvalue weighted by atomic mass is 35.5. The highest BCUT2D eigenvalue weighted by Crippen LogP contribution is 2.22. The molecule has 5 nitrogen and oxygen atoms in total. The van der Waals surface area contributed by atoms with Crippen molar-refractivity contribution in [1.82, 2.24) is 10.0 Å². The summed E-state index contributed by atoms with van der Waals surface area (Å²) in [6, 6.07) is 12.2. The Labute approximate surface area is 159 Å². The van der Waals surface area contributed by atoms with E-state index < -0.39 is 10.0 Å². The molecule has 0 aliphatic carbocycles. The average Bonchev–Trinajstić information content (AvgIpc) is 2.54. The summed E-state index contributed by atoms with van der Waals surface area (Å²) in [4.78, 5) is 12.3. The second-order valence-electron chi connectivity index (χ2n) is 6.23. The van der Waals surface area contributed by atoms with Crippen LogP contribution < -0.4 is 10.0 Å². The molecule has 0 fully saturated rings. The van der Waals surface area contributed by atoms with Gasteiger partial charge in [-0.25, -0.2) is 13.1 Å². The van der Waals surface area contributed by atoms with Crippen LogP contribution >= 0.6 is 11.6 Å². The molecule has 2 N–H and O–H groups in total. The lowest BCUT2D eigenvalue weighted by Gasteiger charge is -2.16. The lowest BCUT2D eigenvalue weighted by Crippen LogP contribution is -2.32. The fourth-order valence-electron chi connectivity index (χ4n) is 2.70. The molecule has 2 aromatic rings. The summed E-state index contributed by atoms with van der Waals surface area (Å²) < 4.78 is 27.2. The van der Waals surface area contributed by atoms with Gasteiger partial charge in [-0.3, -0.25) is 4.79 Å². The van der Waals surface area contributed by atoms with Gasteiger partial charge in [0.15, 0.2) is 0 Å². The fourth-order valence-corrected chi connectivity index (χ4v) is 4.25. The average molecular weight is 395 g/mol. The normalized spacial score (nSPS) is 12.6. The van der Waals surface area contributed by atoms with Crippen molar-refractivity contribution < 1.29 is 13.2 Å². The number of carbonyl (C=O) groups excluding carboxylic acids is 1. The number of benzene rings is 2. The Hall–Kier alpha value is -1.89. The first kappa shape index (κ1) is 20.4. The third kappa shape index (κ3) is 5.30. The summed E-state index contributed by atoms with van der Waals surface area (Å²) in [6.45, 7) is 5.51. The lowest BCUT2D eigenvalue weighted by atomic mass is 10.1. The molecule has 0 aliphatic rings. The van der Waals surface area contributed by atoms with Gasteiger partial charge in [0.1, 0.15) is 0 Å². The molecule has 2 rings (SSSR count). The van der Waals surface area contributed by atoms with E-state index in [4.69, 9.17) is 11.6 Å². The maximum absolute atomic E-state index is 12.4. The number of halogens is 1. The smallest absolute Gasteiger partial charge is 0.240 e. The molecule has 0 saturated carbocycles. The number of sulfonamides is 1. The first-order valence-electron chi connectivity index (χ1n) is 8.31. The Balaban J connectivity index is 1.90. The van der Waals surface area contributed by atoms with Crippen molar-refractivity contribution in [3.63, 3.8) is 0 Å². The van der Waals surface area contributed by atoms with E-state index in [0.717, 1.165) is 11.1 Å². The van der Waals surface area contributed by atoms with Gasteiger partial charge in [0.2, 0.25) is 15.9 Å². The van der Waals surface area contributed by atoms with E-state index in [-0.39, 0.29) is 29.8 Å². The minimum absolute atomic E-state index is 0.0245.